The van der Waals surface area contributed by atoms with Gasteiger partial charge in [-0.3, -0.25) is 4.79 Å². The third-order valence-corrected chi connectivity index (χ3v) is 17.0. The Morgan fingerprint density at radius 3 is 2.34 bits per heavy atom. The Morgan fingerprint density at radius 1 is 1.08 bits per heavy atom. The monoisotopic (exact) mass is 546 g/mol. The molecule has 4 rings (SSSR count). The van der Waals surface area contributed by atoms with Gasteiger partial charge in [-0.15, -0.1) is 0 Å². The summed E-state index contributed by atoms with van der Waals surface area (Å²) in [5, 5.41) is 22.7. The molecule has 4 aliphatic rings. The van der Waals surface area contributed by atoms with Crippen LogP contribution in [0.1, 0.15) is 120 Å². The number of ketones is 1. The zero-order valence-corrected chi connectivity index (χ0v) is 27.2. The Hall–Kier alpha value is -0.493. The van der Waals surface area contributed by atoms with Crippen molar-refractivity contribution in [2.75, 3.05) is 0 Å². The van der Waals surface area contributed by atoms with Gasteiger partial charge in [-0.25, -0.2) is 0 Å². The van der Waals surface area contributed by atoms with Gasteiger partial charge in [-0.1, -0.05) is 60.0 Å². The first-order valence-electron chi connectivity index (χ1n) is 15.7. The maximum absolute atomic E-state index is 13.9. The molecule has 4 aliphatic carbocycles. The van der Waals surface area contributed by atoms with Gasteiger partial charge in [0.1, 0.15) is 0 Å². The Bertz CT molecular complexity index is 942. The van der Waals surface area contributed by atoms with Crippen LogP contribution in [0.5, 0.6) is 0 Å². The third-order valence-electron chi connectivity index (χ3n) is 12.5. The van der Waals surface area contributed by atoms with E-state index in [1.165, 1.54) is 6.42 Å². The van der Waals surface area contributed by atoms with Crippen molar-refractivity contribution < 1.29 is 19.4 Å². The average Bonchev–Trinajstić information content (AvgIpc) is 3.10. The first kappa shape index (κ1) is 30.5. The Morgan fingerprint density at radius 2 is 1.74 bits per heavy atom. The molecule has 38 heavy (non-hydrogen) atoms. The topological polar surface area (TPSA) is 66.8 Å². The highest BCUT2D eigenvalue weighted by Gasteiger charge is 2.67. The van der Waals surface area contributed by atoms with Gasteiger partial charge < -0.3 is 14.6 Å². The molecular formula is C33H58O4Si. The molecule has 0 aromatic carbocycles. The zero-order valence-electron chi connectivity index (χ0n) is 26.2. The van der Waals surface area contributed by atoms with Gasteiger partial charge in [-0.2, -0.15) is 0 Å². The second-order valence-electron chi connectivity index (χ2n) is 16.4. The molecular weight excluding hydrogens is 488 g/mol. The lowest BCUT2D eigenvalue weighted by molar-refractivity contribution is -0.256. The van der Waals surface area contributed by atoms with Crippen molar-refractivity contribution in [3.8, 4) is 0 Å². The Kier molecular flexibility index (Phi) is 7.86. The first-order valence-corrected chi connectivity index (χ1v) is 18.6. The lowest BCUT2D eigenvalue weighted by Crippen LogP contribution is -2.65. The van der Waals surface area contributed by atoms with E-state index in [-0.39, 0.29) is 22.3 Å². The summed E-state index contributed by atoms with van der Waals surface area (Å²) in [7, 11) is -2.24. The molecule has 0 bridgehead atoms. The van der Waals surface area contributed by atoms with Crippen LogP contribution in [0.2, 0.25) is 18.1 Å². The quantitative estimate of drug-likeness (QED) is 0.250. The molecule has 0 aromatic rings. The highest BCUT2D eigenvalue weighted by atomic mass is 28.4. The van der Waals surface area contributed by atoms with Crippen molar-refractivity contribution in [3.05, 3.63) is 11.6 Å². The summed E-state index contributed by atoms with van der Waals surface area (Å²) in [5.41, 5.74) is 0.211. The summed E-state index contributed by atoms with van der Waals surface area (Å²) in [6, 6.07) is 0. The molecule has 0 spiro atoms. The predicted molar refractivity (Wildman–Crippen MR) is 158 cm³/mol. The van der Waals surface area contributed by atoms with Gasteiger partial charge in [0, 0.05) is 17.8 Å². The van der Waals surface area contributed by atoms with Crippen LogP contribution in [0.25, 0.3) is 0 Å². The van der Waals surface area contributed by atoms with E-state index in [4.69, 9.17) is 4.43 Å². The van der Waals surface area contributed by atoms with Crippen LogP contribution < -0.4 is 0 Å². The fourth-order valence-corrected chi connectivity index (χ4v) is 10.7. The van der Waals surface area contributed by atoms with Crippen molar-refractivity contribution in [2.24, 2.45) is 40.4 Å². The molecule has 0 saturated heterocycles. The van der Waals surface area contributed by atoms with Crippen LogP contribution in [0.4, 0.5) is 0 Å². The molecule has 5 heteroatoms. The summed E-state index contributed by atoms with van der Waals surface area (Å²) >= 11 is 0. The number of aliphatic hydroxyl groups is 2. The number of fused-ring (bicyclic) bond motifs is 5. The smallest absolute Gasteiger partial charge is 0.195 e. The van der Waals surface area contributed by atoms with E-state index in [9.17, 15) is 15.0 Å². The first-order chi connectivity index (χ1) is 17.3. The molecule has 3 fully saturated rings. The van der Waals surface area contributed by atoms with E-state index in [1.54, 1.807) is 0 Å². The van der Waals surface area contributed by atoms with E-state index in [0.717, 1.165) is 56.9 Å². The van der Waals surface area contributed by atoms with Crippen molar-refractivity contribution in [1.29, 1.82) is 0 Å². The molecule has 0 heterocycles. The van der Waals surface area contributed by atoms with Gasteiger partial charge >= 0.3 is 0 Å². The summed E-state index contributed by atoms with van der Waals surface area (Å²) in [4.78, 5) is 13.9. The lowest BCUT2D eigenvalue weighted by Gasteiger charge is -2.62. The maximum atomic E-state index is 13.9. The second-order valence-corrected chi connectivity index (χ2v) is 21.1. The number of allylic oxidation sites excluding steroid dienone is 1. The molecule has 218 valence electrons. The van der Waals surface area contributed by atoms with E-state index >= 15 is 0 Å². The van der Waals surface area contributed by atoms with Crippen LogP contribution in [0.3, 0.4) is 0 Å². The van der Waals surface area contributed by atoms with Crippen LogP contribution in [-0.2, 0) is 9.22 Å². The van der Waals surface area contributed by atoms with Gasteiger partial charge in [0.25, 0.3) is 0 Å². The van der Waals surface area contributed by atoms with E-state index < -0.39 is 25.1 Å². The highest BCUT2D eigenvalue weighted by molar-refractivity contribution is 6.74. The standard InChI is InChI=1S/C33H58O4Si/c1-22(13-11-18-30(5,6)35)24-15-16-25-28-26(17-20-31(24,25)7)32(8)23(21-27(28)34)14-12-19-33(32,36)37-38(9,10)29(2,3)4/h21-22,24-26,28,35-36H,11-20H2,1-10H3/t22-,24-,25+,26+,28+,31-,32+,33?/m1/s1. The SMILES string of the molecule is C[C@H](CCCC(C)(C)O)[C@H]1CC[C@H]2[C@@H]3C(=O)C=C4CCCC(O)(O[Si](C)(C)C(C)(C)C)[C@]4(C)[C@H]3CC[C@]12C. The Labute approximate surface area is 234 Å². The predicted octanol–water partition coefficient (Wildman–Crippen LogP) is 8.03. The van der Waals surface area contributed by atoms with Crippen molar-refractivity contribution in [3.63, 3.8) is 0 Å². The van der Waals surface area contributed by atoms with E-state index in [2.05, 4.69) is 54.6 Å². The molecule has 3 saturated carbocycles. The summed E-state index contributed by atoms with van der Waals surface area (Å²) in [5.74, 6) is 0.846. The Balaban J connectivity index is 1.63. The number of hydrogen-bond donors (Lipinski definition) is 2. The van der Waals surface area contributed by atoms with Crippen LogP contribution >= 0.6 is 0 Å². The largest absolute Gasteiger partial charge is 0.390 e. The number of carbonyl (C=O) groups is 1. The minimum absolute atomic E-state index is 0.00942. The number of rotatable bonds is 7. The summed E-state index contributed by atoms with van der Waals surface area (Å²) in [6.07, 6.45) is 11.9. The molecule has 4 nitrogen and oxygen atoms in total. The molecule has 2 N–H and O–H groups in total. The zero-order chi connectivity index (χ0) is 28.5. The summed E-state index contributed by atoms with van der Waals surface area (Å²) < 4.78 is 6.98. The fourth-order valence-electron chi connectivity index (χ4n) is 9.26. The van der Waals surface area contributed by atoms with Crippen LogP contribution in [-0.4, -0.2) is 35.7 Å². The molecule has 0 aromatic heterocycles. The van der Waals surface area contributed by atoms with Gasteiger partial charge in [-0.05, 0) is 112 Å². The minimum Gasteiger partial charge on any atom is -0.390 e. The number of hydrogen-bond acceptors (Lipinski definition) is 4. The molecule has 0 amide bonds. The lowest BCUT2D eigenvalue weighted by atomic mass is 9.45. The van der Waals surface area contributed by atoms with Gasteiger partial charge in [0.15, 0.2) is 19.9 Å². The molecule has 0 aliphatic heterocycles. The average molecular weight is 547 g/mol. The maximum Gasteiger partial charge on any atom is 0.195 e. The van der Waals surface area contributed by atoms with Gasteiger partial charge in [0.05, 0.1) is 5.60 Å². The third kappa shape index (κ3) is 4.94. The minimum atomic E-state index is -2.24. The van der Waals surface area contributed by atoms with Crippen molar-refractivity contribution in [1.82, 2.24) is 0 Å². The van der Waals surface area contributed by atoms with Crippen molar-refractivity contribution >= 4 is 14.1 Å². The van der Waals surface area contributed by atoms with Gasteiger partial charge in [0.2, 0.25) is 0 Å². The van der Waals surface area contributed by atoms with E-state index in [1.807, 2.05) is 19.9 Å². The highest BCUT2D eigenvalue weighted by Crippen LogP contribution is 2.68. The number of carbonyl (C=O) groups excluding carboxylic acids is 1. The van der Waals surface area contributed by atoms with E-state index in [0.29, 0.717) is 30.0 Å². The molecule has 1 unspecified atom stereocenters. The van der Waals surface area contributed by atoms with Crippen molar-refractivity contribution in [2.45, 2.75) is 149 Å². The molecule has 0 radical (unpaired) electrons. The normalized spacial score (nSPS) is 40.7. The van der Waals surface area contributed by atoms with Crippen LogP contribution in [0.15, 0.2) is 11.6 Å². The summed E-state index contributed by atoms with van der Waals surface area (Å²) in [6.45, 7) is 22.2. The van der Waals surface area contributed by atoms with Crippen LogP contribution in [0, 0.1) is 40.4 Å². The fraction of sp³-hybridized carbons (Fsp3) is 0.909. The molecule has 8 atom stereocenters. The second kappa shape index (κ2) is 9.81.